The largest absolute Gasteiger partial charge is 0.288 e. The van der Waals surface area contributed by atoms with Crippen LogP contribution < -0.4 is 0 Å². The molecule has 0 bridgehead atoms. The first-order valence-corrected chi connectivity index (χ1v) is 10.6. The van der Waals surface area contributed by atoms with E-state index in [-0.39, 0.29) is 5.78 Å². The van der Waals surface area contributed by atoms with Gasteiger partial charge in [0.25, 0.3) is 0 Å². The number of nitriles is 1. The number of fused-ring (bicyclic) bond motifs is 3. The second kappa shape index (κ2) is 7.62. The highest BCUT2D eigenvalue weighted by atomic mass is 32.2. The van der Waals surface area contributed by atoms with Gasteiger partial charge in [-0.15, -0.1) is 11.8 Å². The Hall–Kier alpha value is -3.68. The van der Waals surface area contributed by atoms with Crippen molar-refractivity contribution in [1.29, 1.82) is 5.26 Å². The van der Waals surface area contributed by atoms with Crippen LogP contribution in [0.25, 0.3) is 22.4 Å². The van der Waals surface area contributed by atoms with E-state index in [0.29, 0.717) is 38.7 Å². The first-order chi connectivity index (χ1) is 14.8. The van der Waals surface area contributed by atoms with Crippen molar-refractivity contribution in [3.05, 3.63) is 107 Å². The lowest BCUT2D eigenvalue weighted by molar-refractivity contribution is 0.104. The summed E-state index contributed by atoms with van der Waals surface area (Å²) in [5.74, 6) is 0.633. The fraction of sp³-hybridized carbons (Fsp3) is 0.0385. The molecule has 0 radical (unpaired) electrons. The van der Waals surface area contributed by atoms with Crippen LogP contribution in [0.15, 0.2) is 90.0 Å². The van der Waals surface area contributed by atoms with Crippen LogP contribution in [0.1, 0.15) is 27.0 Å². The van der Waals surface area contributed by atoms with Crippen LogP contribution in [0, 0.1) is 11.3 Å². The molecule has 0 atom stereocenters. The zero-order chi connectivity index (χ0) is 20.5. The molecule has 0 saturated heterocycles. The van der Waals surface area contributed by atoms with Gasteiger partial charge in [0.2, 0.25) is 0 Å². The van der Waals surface area contributed by atoms with Gasteiger partial charge in [0.05, 0.1) is 16.8 Å². The summed E-state index contributed by atoms with van der Waals surface area (Å²) < 4.78 is 0. The molecule has 4 heteroatoms. The quantitative estimate of drug-likeness (QED) is 0.338. The summed E-state index contributed by atoms with van der Waals surface area (Å²) in [5, 5.41) is 10.7. The Morgan fingerprint density at radius 2 is 1.43 bits per heavy atom. The molecule has 1 heterocycles. The van der Waals surface area contributed by atoms with Gasteiger partial charge in [0, 0.05) is 22.4 Å². The second-order valence-corrected chi connectivity index (χ2v) is 7.98. The summed E-state index contributed by atoms with van der Waals surface area (Å²) in [6, 6.07) is 29.6. The van der Waals surface area contributed by atoms with Crippen molar-refractivity contribution >= 4 is 17.5 Å². The maximum Gasteiger partial charge on any atom is 0.196 e. The van der Waals surface area contributed by atoms with E-state index in [9.17, 15) is 10.1 Å². The Labute approximate surface area is 179 Å². The molecule has 0 fully saturated rings. The fourth-order valence-electron chi connectivity index (χ4n) is 3.83. The van der Waals surface area contributed by atoms with Crippen LogP contribution in [0.5, 0.6) is 0 Å². The zero-order valence-electron chi connectivity index (χ0n) is 16.0. The average molecular weight is 404 g/mol. The van der Waals surface area contributed by atoms with E-state index in [1.165, 1.54) is 11.8 Å². The molecule has 1 aromatic heterocycles. The average Bonchev–Trinajstić information content (AvgIpc) is 3.10. The number of rotatable bonds is 4. The van der Waals surface area contributed by atoms with E-state index in [0.717, 1.165) is 16.7 Å². The van der Waals surface area contributed by atoms with Crippen molar-refractivity contribution in [2.75, 3.05) is 0 Å². The van der Waals surface area contributed by atoms with E-state index in [1.54, 1.807) is 0 Å². The third-order valence-electron chi connectivity index (χ3n) is 5.21. The molecule has 3 aromatic carbocycles. The van der Waals surface area contributed by atoms with Gasteiger partial charge >= 0.3 is 0 Å². The number of ketones is 1. The van der Waals surface area contributed by atoms with Crippen LogP contribution in [-0.4, -0.2) is 10.8 Å². The Kier molecular flexibility index (Phi) is 4.66. The van der Waals surface area contributed by atoms with Gasteiger partial charge in [0.1, 0.15) is 11.1 Å². The summed E-state index contributed by atoms with van der Waals surface area (Å²) in [7, 11) is 0. The van der Waals surface area contributed by atoms with Gasteiger partial charge in [-0.3, -0.25) is 4.79 Å². The highest BCUT2D eigenvalue weighted by molar-refractivity contribution is 7.98. The maximum atomic E-state index is 13.3. The number of hydrogen-bond donors (Lipinski definition) is 0. The highest BCUT2D eigenvalue weighted by Gasteiger charge is 2.34. The number of benzene rings is 3. The molecule has 142 valence electrons. The van der Waals surface area contributed by atoms with Gasteiger partial charge in [-0.2, -0.15) is 5.26 Å². The molecule has 0 N–H and O–H groups in total. The highest BCUT2D eigenvalue weighted by Crippen LogP contribution is 2.44. The van der Waals surface area contributed by atoms with E-state index < -0.39 is 0 Å². The molecule has 0 saturated carbocycles. The Morgan fingerprint density at radius 1 is 0.800 bits per heavy atom. The predicted octanol–water partition coefficient (Wildman–Crippen LogP) is 6.12. The lowest BCUT2D eigenvalue weighted by atomic mass is 9.94. The van der Waals surface area contributed by atoms with Crippen LogP contribution in [0.4, 0.5) is 0 Å². The summed E-state index contributed by atoms with van der Waals surface area (Å²) >= 11 is 1.53. The summed E-state index contributed by atoms with van der Waals surface area (Å²) in [6.45, 7) is 0. The number of aromatic nitrogens is 1. The SMILES string of the molecule is N#Cc1c(SCc2ccccc2)nc2c(c1-c1ccccc1)C(=O)c1ccccc1-2. The van der Waals surface area contributed by atoms with E-state index in [4.69, 9.17) is 4.98 Å². The predicted molar refractivity (Wildman–Crippen MR) is 119 cm³/mol. The monoisotopic (exact) mass is 404 g/mol. The van der Waals surface area contributed by atoms with Crippen LogP contribution in [-0.2, 0) is 5.75 Å². The molecule has 30 heavy (non-hydrogen) atoms. The summed E-state index contributed by atoms with van der Waals surface area (Å²) in [4.78, 5) is 18.1. The summed E-state index contributed by atoms with van der Waals surface area (Å²) in [6.07, 6.45) is 0. The molecule has 1 aliphatic rings. The van der Waals surface area contributed by atoms with Gasteiger partial charge in [-0.25, -0.2) is 4.98 Å². The lowest BCUT2D eigenvalue weighted by Gasteiger charge is -2.14. The molecular weight excluding hydrogens is 388 g/mol. The number of nitrogens with zero attached hydrogens (tertiary/aromatic N) is 2. The standard InChI is InChI=1S/C26H16N2OS/c27-15-21-22(18-11-5-2-6-12-18)23-24(19-13-7-8-14-20(19)25(23)29)28-26(21)30-16-17-9-3-1-4-10-17/h1-14H,16H2. The normalized spacial score (nSPS) is 11.6. The molecule has 5 rings (SSSR count). The number of hydrogen-bond acceptors (Lipinski definition) is 4. The third-order valence-corrected chi connectivity index (χ3v) is 6.26. The molecule has 0 amide bonds. The molecular formula is C26H16N2OS. The molecule has 0 spiro atoms. The van der Waals surface area contributed by atoms with Crippen LogP contribution in [0.3, 0.4) is 0 Å². The lowest BCUT2D eigenvalue weighted by Crippen LogP contribution is -2.04. The Balaban J connectivity index is 1.73. The number of thioether (sulfide) groups is 1. The van der Waals surface area contributed by atoms with E-state index >= 15 is 0 Å². The molecule has 0 aliphatic heterocycles. The maximum absolute atomic E-state index is 13.3. The van der Waals surface area contributed by atoms with Crippen molar-refractivity contribution in [3.63, 3.8) is 0 Å². The smallest absolute Gasteiger partial charge is 0.196 e. The Morgan fingerprint density at radius 3 is 2.13 bits per heavy atom. The first kappa shape index (κ1) is 18.4. The van der Waals surface area contributed by atoms with Crippen LogP contribution in [0.2, 0.25) is 0 Å². The minimum absolute atomic E-state index is 0.0666. The van der Waals surface area contributed by atoms with E-state index in [1.807, 2.05) is 72.8 Å². The third kappa shape index (κ3) is 3.01. The van der Waals surface area contributed by atoms with Gasteiger partial charge in [-0.1, -0.05) is 84.9 Å². The van der Waals surface area contributed by atoms with Crippen molar-refractivity contribution in [2.45, 2.75) is 10.8 Å². The van der Waals surface area contributed by atoms with Crippen molar-refractivity contribution in [3.8, 4) is 28.5 Å². The number of carbonyl (C=O) groups is 1. The molecule has 1 aliphatic carbocycles. The molecule has 0 unspecified atom stereocenters. The fourth-order valence-corrected chi connectivity index (χ4v) is 4.77. The molecule has 4 aromatic rings. The van der Waals surface area contributed by atoms with Crippen LogP contribution >= 0.6 is 11.8 Å². The summed E-state index contributed by atoms with van der Waals surface area (Å²) in [5.41, 5.74) is 5.84. The minimum Gasteiger partial charge on any atom is -0.288 e. The van der Waals surface area contributed by atoms with E-state index in [2.05, 4.69) is 18.2 Å². The van der Waals surface area contributed by atoms with Crippen molar-refractivity contribution in [2.24, 2.45) is 0 Å². The molecule has 3 nitrogen and oxygen atoms in total. The van der Waals surface area contributed by atoms with Crippen molar-refractivity contribution in [1.82, 2.24) is 4.98 Å². The van der Waals surface area contributed by atoms with Crippen molar-refractivity contribution < 1.29 is 4.79 Å². The van der Waals surface area contributed by atoms with Gasteiger partial charge in [-0.05, 0) is 11.1 Å². The topological polar surface area (TPSA) is 53.8 Å². The number of carbonyl (C=O) groups excluding carboxylic acids is 1. The first-order valence-electron chi connectivity index (χ1n) is 9.62. The minimum atomic E-state index is -0.0666. The second-order valence-electron chi connectivity index (χ2n) is 7.02. The zero-order valence-corrected chi connectivity index (χ0v) is 16.8. The number of pyridine rings is 1. The Bertz CT molecular complexity index is 1310. The van der Waals surface area contributed by atoms with Gasteiger partial charge in [0.15, 0.2) is 5.78 Å². The van der Waals surface area contributed by atoms with Gasteiger partial charge < -0.3 is 0 Å².